The first-order valence-electron chi connectivity index (χ1n) is 9.74. The number of hydrogen-bond donors (Lipinski definition) is 4. The van der Waals surface area contributed by atoms with Crippen LogP contribution in [0.4, 0.5) is 0 Å². The maximum atomic E-state index is 12.6. The van der Waals surface area contributed by atoms with Crippen molar-refractivity contribution in [2.24, 2.45) is 11.5 Å². The molecule has 156 valence electrons. The summed E-state index contributed by atoms with van der Waals surface area (Å²) in [6.45, 7) is 0.836. The second-order valence-corrected chi connectivity index (χ2v) is 6.85. The van der Waals surface area contributed by atoms with Crippen LogP contribution in [0.2, 0.25) is 0 Å². The predicted octanol–water partition coefficient (Wildman–Crippen LogP) is 1.11. The minimum atomic E-state index is -0.759. The third-order valence-electron chi connectivity index (χ3n) is 4.59. The Kier molecular flexibility index (Phi) is 9.14. The molecule has 7 nitrogen and oxygen atoms in total. The fourth-order valence-corrected chi connectivity index (χ4v) is 2.89. The molecule has 0 aromatic heterocycles. The van der Waals surface area contributed by atoms with E-state index in [0.29, 0.717) is 32.4 Å². The van der Waals surface area contributed by atoms with Crippen molar-refractivity contribution >= 4 is 11.8 Å². The van der Waals surface area contributed by atoms with Gasteiger partial charge in [0.2, 0.25) is 11.8 Å². The van der Waals surface area contributed by atoms with Crippen LogP contribution in [0.15, 0.2) is 54.6 Å². The Hall–Kier alpha value is -2.90. The van der Waals surface area contributed by atoms with Crippen LogP contribution in [-0.4, -0.2) is 37.6 Å². The third kappa shape index (κ3) is 7.56. The minimum Gasteiger partial charge on any atom is -0.497 e. The summed E-state index contributed by atoms with van der Waals surface area (Å²) in [6.07, 6.45) is 1.45. The van der Waals surface area contributed by atoms with E-state index in [1.54, 1.807) is 7.11 Å². The Morgan fingerprint density at radius 2 is 1.69 bits per heavy atom. The van der Waals surface area contributed by atoms with Gasteiger partial charge in [0.1, 0.15) is 11.8 Å². The fourth-order valence-electron chi connectivity index (χ4n) is 2.89. The Morgan fingerprint density at radius 3 is 2.31 bits per heavy atom. The fraction of sp³-hybridized carbons (Fsp3) is 0.364. The van der Waals surface area contributed by atoms with Gasteiger partial charge in [-0.05, 0) is 49.1 Å². The van der Waals surface area contributed by atoms with Gasteiger partial charge in [0.05, 0.1) is 13.2 Å². The van der Waals surface area contributed by atoms with E-state index in [1.165, 1.54) is 0 Å². The number of nitrogens with one attached hydrogen (secondary N) is 2. The van der Waals surface area contributed by atoms with Gasteiger partial charge in [-0.25, -0.2) is 0 Å². The van der Waals surface area contributed by atoms with Crippen LogP contribution in [0.1, 0.15) is 24.0 Å². The molecular weight excluding hydrogens is 368 g/mol. The first-order chi connectivity index (χ1) is 14.0. The van der Waals surface area contributed by atoms with Crippen molar-refractivity contribution in [2.75, 3.05) is 13.7 Å². The molecule has 29 heavy (non-hydrogen) atoms. The highest BCUT2D eigenvalue weighted by Gasteiger charge is 2.23. The van der Waals surface area contributed by atoms with Crippen molar-refractivity contribution in [1.29, 1.82) is 0 Å². The van der Waals surface area contributed by atoms with E-state index in [0.717, 1.165) is 16.9 Å². The van der Waals surface area contributed by atoms with E-state index in [4.69, 9.17) is 16.2 Å². The molecular formula is C22H30N4O3. The SMILES string of the molecule is COc1ccc(CC(N)C(=O)N[C@@H](CCCN)C(=O)NCc2ccccc2)cc1. The second-order valence-electron chi connectivity index (χ2n) is 6.85. The molecule has 7 heteroatoms. The van der Waals surface area contributed by atoms with Crippen LogP contribution < -0.4 is 26.8 Å². The van der Waals surface area contributed by atoms with Crippen molar-refractivity contribution in [3.8, 4) is 5.75 Å². The zero-order chi connectivity index (χ0) is 21.1. The molecule has 0 aliphatic carbocycles. The molecule has 2 atom stereocenters. The van der Waals surface area contributed by atoms with Gasteiger partial charge in [0.25, 0.3) is 0 Å². The lowest BCUT2D eigenvalue weighted by Gasteiger charge is -2.21. The summed E-state index contributed by atoms with van der Waals surface area (Å²) in [7, 11) is 1.60. The largest absolute Gasteiger partial charge is 0.497 e. The molecule has 0 heterocycles. The zero-order valence-corrected chi connectivity index (χ0v) is 16.8. The zero-order valence-electron chi connectivity index (χ0n) is 16.8. The smallest absolute Gasteiger partial charge is 0.242 e. The summed E-state index contributed by atoms with van der Waals surface area (Å²) < 4.78 is 5.13. The van der Waals surface area contributed by atoms with Crippen molar-refractivity contribution in [3.05, 3.63) is 65.7 Å². The van der Waals surface area contributed by atoms with Crippen LogP contribution in [0, 0.1) is 0 Å². The predicted molar refractivity (Wildman–Crippen MR) is 113 cm³/mol. The maximum Gasteiger partial charge on any atom is 0.242 e. The van der Waals surface area contributed by atoms with Gasteiger partial charge in [-0.2, -0.15) is 0 Å². The molecule has 1 unspecified atom stereocenters. The van der Waals surface area contributed by atoms with Gasteiger partial charge < -0.3 is 26.8 Å². The number of carbonyl (C=O) groups is 2. The molecule has 6 N–H and O–H groups in total. The number of benzene rings is 2. The van der Waals surface area contributed by atoms with Crippen molar-refractivity contribution in [2.45, 2.75) is 37.9 Å². The Morgan fingerprint density at radius 1 is 1.00 bits per heavy atom. The molecule has 0 radical (unpaired) electrons. The molecule has 0 saturated carbocycles. The van der Waals surface area contributed by atoms with Gasteiger partial charge in [-0.3, -0.25) is 9.59 Å². The molecule has 2 aromatic rings. The van der Waals surface area contributed by atoms with E-state index in [-0.39, 0.29) is 11.8 Å². The molecule has 0 spiro atoms. The quantitative estimate of drug-likeness (QED) is 0.452. The molecule has 0 bridgehead atoms. The maximum absolute atomic E-state index is 12.6. The summed E-state index contributed by atoms with van der Waals surface area (Å²) >= 11 is 0. The van der Waals surface area contributed by atoms with Crippen LogP contribution in [0.3, 0.4) is 0 Å². The van der Waals surface area contributed by atoms with E-state index < -0.39 is 12.1 Å². The summed E-state index contributed by atoms with van der Waals surface area (Å²) in [6, 6.07) is 15.5. The van der Waals surface area contributed by atoms with E-state index >= 15 is 0 Å². The summed E-state index contributed by atoms with van der Waals surface area (Å²) in [4.78, 5) is 25.1. The van der Waals surface area contributed by atoms with Gasteiger partial charge in [0, 0.05) is 6.54 Å². The Labute approximate surface area is 171 Å². The van der Waals surface area contributed by atoms with Gasteiger partial charge in [-0.1, -0.05) is 42.5 Å². The van der Waals surface area contributed by atoms with Crippen molar-refractivity contribution in [3.63, 3.8) is 0 Å². The average molecular weight is 399 g/mol. The first kappa shape index (κ1) is 22.4. The highest BCUT2D eigenvalue weighted by Crippen LogP contribution is 2.12. The topological polar surface area (TPSA) is 119 Å². The van der Waals surface area contributed by atoms with Crippen molar-refractivity contribution < 1.29 is 14.3 Å². The average Bonchev–Trinajstić information content (AvgIpc) is 2.76. The standard InChI is InChI=1S/C22H30N4O3/c1-29-18-11-9-16(10-12-18)14-19(24)21(27)26-20(8-5-13-23)22(28)25-15-17-6-3-2-4-7-17/h2-4,6-7,9-12,19-20H,5,8,13-15,23-24H2,1H3,(H,25,28)(H,26,27)/t19?,20-/m0/s1. The van der Waals surface area contributed by atoms with E-state index in [1.807, 2.05) is 54.6 Å². The number of methoxy groups -OCH3 is 1. The molecule has 0 fully saturated rings. The van der Waals surface area contributed by atoms with Crippen LogP contribution in [-0.2, 0) is 22.6 Å². The molecule has 2 amide bonds. The van der Waals surface area contributed by atoms with Gasteiger partial charge in [-0.15, -0.1) is 0 Å². The first-order valence-corrected chi connectivity index (χ1v) is 9.74. The van der Waals surface area contributed by atoms with Gasteiger partial charge >= 0.3 is 0 Å². The third-order valence-corrected chi connectivity index (χ3v) is 4.59. The second kappa shape index (κ2) is 11.8. The lowest BCUT2D eigenvalue weighted by molar-refractivity contribution is -0.129. The summed E-state index contributed by atoms with van der Waals surface area (Å²) in [5, 5.41) is 5.64. The highest BCUT2D eigenvalue weighted by molar-refractivity contribution is 5.89. The number of hydrogen-bond acceptors (Lipinski definition) is 5. The van der Waals surface area contributed by atoms with E-state index in [2.05, 4.69) is 10.6 Å². The monoisotopic (exact) mass is 398 g/mol. The number of nitrogens with two attached hydrogens (primary N) is 2. The lowest BCUT2D eigenvalue weighted by atomic mass is 10.0. The van der Waals surface area contributed by atoms with Crippen LogP contribution in [0.5, 0.6) is 5.75 Å². The Bertz CT molecular complexity index is 765. The normalized spacial score (nSPS) is 12.7. The van der Waals surface area contributed by atoms with Crippen molar-refractivity contribution in [1.82, 2.24) is 10.6 Å². The number of amides is 2. The molecule has 0 aliphatic heterocycles. The van der Waals surface area contributed by atoms with Crippen LogP contribution >= 0.6 is 0 Å². The van der Waals surface area contributed by atoms with Gasteiger partial charge in [0.15, 0.2) is 0 Å². The number of ether oxygens (including phenoxy) is 1. The minimum absolute atomic E-state index is 0.243. The summed E-state index contributed by atoms with van der Waals surface area (Å²) in [5.74, 6) is 0.133. The lowest BCUT2D eigenvalue weighted by Crippen LogP contribution is -2.52. The molecule has 0 aliphatic rings. The highest BCUT2D eigenvalue weighted by atomic mass is 16.5. The molecule has 2 rings (SSSR count). The molecule has 0 saturated heterocycles. The number of carbonyl (C=O) groups excluding carboxylic acids is 2. The summed E-state index contributed by atoms with van der Waals surface area (Å²) in [5.41, 5.74) is 13.5. The van der Waals surface area contributed by atoms with E-state index in [9.17, 15) is 9.59 Å². The Balaban J connectivity index is 1.92. The number of rotatable bonds is 11. The molecule has 2 aromatic carbocycles. The van der Waals surface area contributed by atoms with Crippen LogP contribution in [0.25, 0.3) is 0 Å².